The lowest BCUT2D eigenvalue weighted by Gasteiger charge is -2.33. The Bertz CT molecular complexity index is 449. The fourth-order valence-electron chi connectivity index (χ4n) is 2.62. The first kappa shape index (κ1) is 11.1. The molecule has 0 aromatic heterocycles. The number of alkyl halides is 1. The second-order valence-corrected chi connectivity index (χ2v) is 5.58. The molecule has 0 N–H and O–H groups in total. The largest absolute Gasteiger partial charge is 0.493 e. The van der Waals surface area contributed by atoms with E-state index in [1.54, 1.807) is 0 Å². The lowest BCUT2D eigenvalue weighted by Crippen LogP contribution is -2.34. The van der Waals surface area contributed by atoms with Gasteiger partial charge in [-0.3, -0.25) is 4.79 Å². The fourth-order valence-corrected chi connectivity index (χ4v) is 3.09. The number of fused-ring (bicyclic) bond motifs is 1. The maximum Gasteiger partial charge on any atom is 0.236 e. The third-order valence-electron chi connectivity index (χ3n) is 3.48. The highest BCUT2D eigenvalue weighted by atomic mass is 79.9. The highest BCUT2D eigenvalue weighted by Crippen LogP contribution is 2.38. The third kappa shape index (κ3) is 1.84. The van der Waals surface area contributed by atoms with E-state index in [1.807, 2.05) is 23.1 Å². The van der Waals surface area contributed by atoms with Crippen LogP contribution in [0, 0.1) is 0 Å². The number of halogens is 1. The Morgan fingerprint density at radius 3 is 2.88 bits per heavy atom. The van der Waals surface area contributed by atoms with Gasteiger partial charge in [-0.15, -0.1) is 0 Å². The van der Waals surface area contributed by atoms with E-state index in [0.717, 1.165) is 30.7 Å². The van der Waals surface area contributed by atoms with Crippen molar-refractivity contribution in [2.45, 2.75) is 23.7 Å². The summed E-state index contributed by atoms with van der Waals surface area (Å²) in [4.78, 5) is 14.0. The summed E-state index contributed by atoms with van der Waals surface area (Å²) in [5.74, 6) is 1.14. The maximum atomic E-state index is 12.1. The fraction of sp³-hybridized carbons (Fsp3) is 0.462. The molecule has 1 aromatic rings. The van der Waals surface area contributed by atoms with E-state index in [-0.39, 0.29) is 16.8 Å². The molecule has 1 saturated heterocycles. The number of para-hydroxylation sites is 1. The van der Waals surface area contributed by atoms with Crippen LogP contribution in [0.5, 0.6) is 5.75 Å². The van der Waals surface area contributed by atoms with Gasteiger partial charge in [0.1, 0.15) is 5.75 Å². The topological polar surface area (TPSA) is 29.5 Å². The Morgan fingerprint density at radius 2 is 2.12 bits per heavy atom. The smallest absolute Gasteiger partial charge is 0.236 e. The lowest BCUT2D eigenvalue weighted by molar-refractivity contribution is -0.129. The molecule has 1 aromatic carbocycles. The van der Waals surface area contributed by atoms with Crippen LogP contribution >= 0.6 is 15.9 Å². The first-order valence-electron chi connectivity index (χ1n) is 5.93. The molecule has 0 spiro atoms. The normalized spacial score (nSPS) is 27.8. The summed E-state index contributed by atoms with van der Waals surface area (Å²) in [6.45, 7) is 1.53. The van der Waals surface area contributed by atoms with Crippen molar-refractivity contribution < 1.29 is 9.53 Å². The Hall–Kier alpha value is -1.03. The van der Waals surface area contributed by atoms with E-state index < -0.39 is 0 Å². The molecule has 2 heterocycles. The van der Waals surface area contributed by atoms with Gasteiger partial charge in [-0.25, -0.2) is 0 Å². The molecule has 1 amide bonds. The number of carbonyl (C=O) groups excluding carboxylic acids is 1. The molecular formula is C13H14BrNO2. The van der Waals surface area contributed by atoms with Crippen LogP contribution in [0.3, 0.4) is 0 Å². The zero-order valence-corrected chi connectivity index (χ0v) is 11.0. The summed E-state index contributed by atoms with van der Waals surface area (Å²) in [5, 5.41) is 0. The number of amides is 1. The van der Waals surface area contributed by atoms with Crippen molar-refractivity contribution in [2.75, 3.05) is 13.2 Å². The first-order valence-corrected chi connectivity index (χ1v) is 6.85. The summed E-state index contributed by atoms with van der Waals surface area (Å²) in [5.41, 5.74) is 1.15. The molecule has 0 saturated carbocycles. The summed E-state index contributed by atoms with van der Waals surface area (Å²) >= 11 is 3.43. The molecule has 3 nitrogen and oxygen atoms in total. The molecular weight excluding hydrogens is 282 g/mol. The van der Waals surface area contributed by atoms with Gasteiger partial charge in [0.15, 0.2) is 0 Å². The van der Waals surface area contributed by atoms with Gasteiger partial charge >= 0.3 is 0 Å². The van der Waals surface area contributed by atoms with E-state index in [1.165, 1.54) is 0 Å². The van der Waals surface area contributed by atoms with E-state index in [2.05, 4.69) is 22.0 Å². The molecule has 3 rings (SSSR count). The van der Waals surface area contributed by atoms with Gasteiger partial charge in [0.05, 0.1) is 17.5 Å². The predicted molar refractivity (Wildman–Crippen MR) is 68.3 cm³/mol. The standard InChI is InChI=1S/C13H14BrNO2/c14-10-5-7-15(13(10)16)11-6-8-17-12-4-2-1-3-9(11)12/h1-4,10-11H,5-8H2. The minimum atomic E-state index is -0.00231. The minimum Gasteiger partial charge on any atom is -0.493 e. The molecule has 0 aliphatic carbocycles. The van der Waals surface area contributed by atoms with Crippen molar-refractivity contribution in [3.63, 3.8) is 0 Å². The second-order valence-electron chi connectivity index (χ2n) is 4.48. The van der Waals surface area contributed by atoms with Crippen molar-refractivity contribution in [1.29, 1.82) is 0 Å². The Balaban J connectivity index is 1.93. The second kappa shape index (κ2) is 4.33. The molecule has 17 heavy (non-hydrogen) atoms. The summed E-state index contributed by atoms with van der Waals surface area (Å²) in [6, 6.07) is 8.21. The zero-order chi connectivity index (χ0) is 11.8. The average molecular weight is 296 g/mol. The monoisotopic (exact) mass is 295 g/mol. The van der Waals surface area contributed by atoms with Crippen LogP contribution in [0.2, 0.25) is 0 Å². The summed E-state index contributed by atoms with van der Waals surface area (Å²) < 4.78 is 5.63. The molecule has 0 bridgehead atoms. The Labute approximate surface area is 109 Å². The van der Waals surface area contributed by atoms with Crippen LogP contribution in [-0.2, 0) is 4.79 Å². The van der Waals surface area contributed by atoms with Crippen LogP contribution < -0.4 is 4.74 Å². The van der Waals surface area contributed by atoms with E-state index in [4.69, 9.17) is 4.74 Å². The molecule has 2 aliphatic heterocycles. The number of nitrogens with zero attached hydrogens (tertiary/aromatic N) is 1. The number of benzene rings is 1. The third-order valence-corrected chi connectivity index (χ3v) is 4.33. The van der Waals surface area contributed by atoms with Crippen LogP contribution in [0.15, 0.2) is 24.3 Å². The number of rotatable bonds is 1. The molecule has 1 fully saturated rings. The lowest BCUT2D eigenvalue weighted by atomic mass is 9.99. The number of hydrogen-bond donors (Lipinski definition) is 0. The predicted octanol–water partition coefficient (Wildman–Crippen LogP) is 2.51. The van der Waals surface area contributed by atoms with Gasteiger partial charge in [-0.2, -0.15) is 0 Å². The highest BCUT2D eigenvalue weighted by Gasteiger charge is 2.37. The molecule has 0 radical (unpaired) electrons. The number of carbonyl (C=O) groups is 1. The van der Waals surface area contributed by atoms with E-state index in [0.29, 0.717) is 6.61 Å². The molecule has 4 heteroatoms. The Kier molecular flexibility index (Phi) is 2.82. The summed E-state index contributed by atoms with van der Waals surface area (Å²) in [7, 11) is 0. The number of hydrogen-bond acceptors (Lipinski definition) is 2. The highest BCUT2D eigenvalue weighted by molar-refractivity contribution is 9.10. The van der Waals surface area contributed by atoms with Crippen LogP contribution in [-0.4, -0.2) is 28.8 Å². The molecule has 90 valence electrons. The van der Waals surface area contributed by atoms with Crippen molar-refractivity contribution in [2.24, 2.45) is 0 Å². The number of likely N-dealkylation sites (tertiary alicyclic amines) is 1. The molecule has 2 aliphatic rings. The maximum absolute atomic E-state index is 12.1. The SMILES string of the molecule is O=C1C(Br)CCN1C1CCOc2ccccc21. The van der Waals surface area contributed by atoms with Crippen molar-refractivity contribution in [1.82, 2.24) is 4.90 Å². The Morgan fingerprint density at radius 1 is 1.29 bits per heavy atom. The van der Waals surface area contributed by atoms with Gasteiger partial charge in [0.25, 0.3) is 0 Å². The van der Waals surface area contributed by atoms with Gasteiger partial charge in [-0.05, 0) is 12.5 Å². The van der Waals surface area contributed by atoms with Crippen LogP contribution in [0.1, 0.15) is 24.4 Å². The minimum absolute atomic E-state index is 0.00231. The van der Waals surface area contributed by atoms with Crippen molar-refractivity contribution in [3.8, 4) is 5.75 Å². The van der Waals surface area contributed by atoms with Crippen molar-refractivity contribution in [3.05, 3.63) is 29.8 Å². The molecule has 2 unspecified atom stereocenters. The van der Waals surface area contributed by atoms with Gasteiger partial charge in [-0.1, -0.05) is 34.1 Å². The first-order chi connectivity index (χ1) is 8.27. The van der Waals surface area contributed by atoms with E-state index >= 15 is 0 Å². The van der Waals surface area contributed by atoms with Gasteiger partial charge in [0.2, 0.25) is 5.91 Å². The van der Waals surface area contributed by atoms with E-state index in [9.17, 15) is 4.79 Å². The van der Waals surface area contributed by atoms with Crippen molar-refractivity contribution >= 4 is 21.8 Å². The zero-order valence-electron chi connectivity index (χ0n) is 9.43. The van der Waals surface area contributed by atoms with Gasteiger partial charge in [0, 0.05) is 18.5 Å². The average Bonchev–Trinajstić information content (AvgIpc) is 2.69. The quantitative estimate of drug-likeness (QED) is 0.745. The number of ether oxygens (including phenoxy) is 1. The molecule has 2 atom stereocenters. The summed E-state index contributed by atoms with van der Waals surface area (Å²) in [6.07, 6.45) is 1.79. The van der Waals surface area contributed by atoms with Crippen LogP contribution in [0.4, 0.5) is 0 Å². The van der Waals surface area contributed by atoms with Crippen LogP contribution in [0.25, 0.3) is 0 Å². The van der Waals surface area contributed by atoms with Gasteiger partial charge < -0.3 is 9.64 Å².